The minimum atomic E-state index is -1.06. The third kappa shape index (κ3) is 2.18. The molecule has 3 N–H and O–H groups in total. The van der Waals surface area contributed by atoms with E-state index in [9.17, 15) is 15.3 Å². The van der Waals surface area contributed by atoms with Crippen molar-refractivity contribution in [2.24, 2.45) is 50.7 Å². The van der Waals surface area contributed by atoms with E-state index in [1.165, 1.54) is 5.57 Å². The van der Waals surface area contributed by atoms with Crippen LogP contribution in [0.25, 0.3) is 0 Å². The molecule has 2 heterocycles. The normalized spacial score (nSPS) is 62.4. The van der Waals surface area contributed by atoms with E-state index in [-0.39, 0.29) is 39.8 Å². The minimum Gasteiger partial charge on any atom is -0.393 e. The van der Waals surface area contributed by atoms with E-state index in [1.807, 2.05) is 13.8 Å². The van der Waals surface area contributed by atoms with Crippen LogP contribution in [-0.4, -0.2) is 51.1 Å². The molecule has 36 heavy (non-hydrogen) atoms. The van der Waals surface area contributed by atoms with Gasteiger partial charge in [0, 0.05) is 16.7 Å². The smallest absolute Gasteiger partial charge is 0.199 e. The van der Waals surface area contributed by atoms with Crippen molar-refractivity contribution in [1.29, 1.82) is 0 Å². The van der Waals surface area contributed by atoms with Gasteiger partial charge in [0.25, 0.3) is 0 Å². The number of rotatable bonds is 1. The first kappa shape index (κ1) is 24.6. The highest BCUT2D eigenvalue weighted by molar-refractivity contribution is 5.49. The summed E-state index contributed by atoms with van der Waals surface area (Å²) in [6.07, 6.45) is 6.88. The molecule has 0 amide bonds. The van der Waals surface area contributed by atoms with E-state index in [2.05, 4.69) is 47.6 Å². The molecule has 0 aromatic carbocycles. The van der Waals surface area contributed by atoms with Crippen LogP contribution in [0.3, 0.4) is 0 Å². The van der Waals surface area contributed by atoms with Gasteiger partial charge < -0.3 is 24.8 Å². The Balaban J connectivity index is 1.38. The number of hydrogen-bond acceptors (Lipinski definition) is 5. The molecule has 202 valence electrons. The SMILES string of the molecule is C[C@@H]1C[C@H]2O[C@]3(O[C@@H]2C(C)(C)O)[C@H]1[C@@]1(C)CC[C@]24C(=CC[C@H]5C(C)(C)[C@@H](O)CC[C@@]52[C@H]4C)[C@]1(C)[C@H]3O. The molecule has 7 rings (SSSR count). The molecule has 3 spiro atoms. The van der Waals surface area contributed by atoms with E-state index in [4.69, 9.17) is 9.47 Å². The summed E-state index contributed by atoms with van der Waals surface area (Å²) in [5.74, 6) is 0.398. The summed E-state index contributed by atoms with van der Waals surface area (Å²) in [5.41, 5.74) is 0.0673. The summed E-state index contributed by atoms with van der Waals surface area (Å²) >= 11 is 0. The topological polar surface area (TPSA) is 79.2 Å². The van der Waals surface area contributed by atoms with Gasteiger partial charge in [-0.15, -0.1) is 0 Å². The van der Waals surface area contributed by atoms with Gasteiger partial charge in [-0.25, -0.2) is 0 Å². The Bertz CT molecular complexity index is 1040. The minimum absolute atomic E-state index is 0.0826. The molecule has 2 aliphatic heterocycles. The Kier molecular flexibility index (Phi) is 4.41. The number of fused-ring (bicyclic) bond motifs is 4. The lowest BCUT2D eigenvalue weighted by Crippen LogP contribution is -2.55. The second kappa shape index (κ2) is 6.46. The average molecular weight is 501 g/mol. The molecule has 2 bridgehead atoms. The second-order valence-electron chi connectivity index (χ2n) is 15.8. The van der Waals surface area contributed by atoms with E-state index in [0.29, 0.717) is 17.8 Å². The summed E-state index contributed by atoms with van der Waals surface area (Å²) < 4.78 is 13.6. The summed E-state index contributed by atoms with van der Waals surface area (Å²) in [4.78, 5) is 0. The quantitative estimate of drug-likeness (QED) is 0.450. The first-order valence-electron chi connectivity index (χ1n) is 14.7. The number of ether oxygens (including phenoxy) is 2. The van der Waals surface area contributed by atoms with Crippen LogP contribution in [0.15, 0.2) is 11.6 Å². The number of aliphatic hydroxyl groups is 3. The molecular weight excluding hydrogens is 452 g/mol. The fourth-order valence-corrected chi connectivity index (χ4v) is 12.5. The Labute approximate surface area is 217 Å². The van der Waals surface area contributed by atoms with Gasteiger partial charge in [0.2, 0.25) is 0 Å². The van der Waals surface area contributed by atoms with E-state index >= 15 is 0 Å². The second-order valence-corrected chi connectivity index (χ2v) is 15.8. The van der Waals surface area contributed by atoms with Crippen LogP contribution in [0.4, 0.5) is 0 Å². The molecule has 0 aromatic rings. The first-order chi connectivity index (χ1) is 16.6. The Morgan fingerprint density at radius 1 is 1.00 bits per heavy atom. The van der Waals surface area contributed by atoms with Crippen LogP contribution in [0.2, 0.25) is 0 Å². The Hall–Kier alpha value is -0.460. The Morgan fingerprint density at radius 2 is 1.69 bits per heavy atom. The maximum atomic E-state index is 12.5. The third-order valence-corrected chi connectivity index (χ3v) is 14.2. The van der Waals surface area contributed by atoms with Crippen molar-refractivity contribution in [2.75, 3.05) is 0 Å². The van der Waals surface area contributed by atoms with Crippen molar-refractivity contribution >= 4 is 0 Å². The molecule has 0 unspecified atom stereocenters. The highest BCUT2D eigenvalue weighted by Gasteiger charge is 2.88. The van der Waals surface area contributed by atoms with Crippen LogP contribution >= 0.6 is 0 Å². The summed E-state index contributed by atoms with van der Waals surface area (Å²) in [7, 11) is 0. The van der Waals surface area contributed by atoms with Crippen LogP contribution in [-0.2, 0) is 9.47 Å². The van der Waals surface area contributed by atoms with Crippen LogP contribution in [0.5, 0.6) is 0 Å². The van der Waals surface area contributed by atoms with E-state index in [0.717, 1.165) is 38.5 Å². The van der Waals surface area contributed by atoms with Crippen molar-refractivity contribution in [1.82, 2.24) is 0 Å². The van der Waals surface area contributed by atoms with Gasteiger partial charge in [0.15, 0.2) is 5.79 Å². The molecule has 13 atom stereocenters. The zero-order valence-corrected chi connectivity index (χ0v) is 23.6. The molecule has 5 heteroatoms. The van der Waals surface area contributed by atoms with Crippen LogP contribution in [0, 0.1) is 50.7 Å². The van der Waals surface area contributed by atoms with Gasteiger partial charge in [-0.2, -0.15) is 0 Å². The van der Waals surface area contributed by atoms with E-state index < -0.39 is 29.0 Å². The average Bonchev–Trinajstić information content (AvgIpc) is 3.06. The first-order valence-corrected chi connectivity index (χ1v) is 14.7. The fourth-order valence-electron chi connectivity index (χ4n) is 12.5. The largest absolute Gasteiger partial charge is 0.393 e. The maximum absolute atomic E-state index is 12.5. The monoisotopic (exact) mass is 500 g/mol. The predicted octanol–water partition coefficient (Wildman–Crippen LogP) is 4.82. The lowest BCUT2D eigenvalue weighted by atomic mass is 9.44. The van der Waals surface area contributed by atoms with Crippen LogP contribution < -0.4 is 0 Å². The van der Waals surface area contributed by atoms with Gasteiger partial charge >= 0.3 is 0 Å². The van der Waals surface area contributed by atoms with Crippen molar-refractivity contribution in [3.63, 3.8) is 0 Å². The molecule has 7 aliphatic rings. The predicted molar refractivity (Wildman–Crippen MR) is 137 cm³/mol. The number of allylic oxidation sites excluding steroid dienone is 1. The standard InChI is InChI=1S/C31H48O5/c1-16-15-18-23(26(5,6)34)36-31(35-18)22(16)27(7)13-14-30-17(2)29(30)12-11-21(32)25(3,4)19(29)9-10-20(30)28(27,8)24(31)33/h10,16-19,21-24,32-34H,9,11-15H2,1-8H3/t16-,17-,18-,19+,21+,22-,23+,24-,27-,28-,29-,30+,31+/m1/s1. The molecule has 0 aromatic heterocycles. The van der Waals surface area contributed by atoms with Gasteiger partial charge in [0.1, 0.15) is 12.2 Å². The van der Waals surface area contributed by atoms with Crippen molar-refractivity contribution in [2.45, 2.75) is 130 Å². The molecule has 6 fully saturated rings. The number of aliphatic hydroxyl groups excluding tert-OH is 2. The molecule has 5 aliphatic carbocycles. The third-order valence-electron chi connectivity index (χ3n) is 14.2. The summed E-state index contributed by atoms with van der Waals surface area (Å²) in [6, 6.07) is 0. The molecule has 0 radical (unpaired) electrons. The zero-order chi connectivity index (χ0) is 26.1. The molecular formula is C31H48O5. The van der Waals surface area contributed by atoms with Gasteiger partial charge in [-0.1, -0.05) is 53.2 Å². The fraction of sp³-hybridized carbons (Fsp3) is 0.935. The molecule has 4 saturated carbocycles. The summed E-state index contributed by atoms with van der Waals surface area (Å²) in [5, 5.41) is 34.5. The van der Waals surface area contributed by atoms with Gasteiger partial charge in [-0.05, 0) is 86.4 Å². The molecule has 5 nitrogen and oxygen atoms in total. The highest BCUT2D eigenvalue weighted by atomic mass is 16.8. The van der Waals surface area contributed by atoms with Crippen molar-refractivity contribution < 1.29 is 24.8 Å². The lowest BCUT2D eigenvalue weighted by Gasteiger charge is -2.59. The Morgan fingerprint density at radius 3 is 2.36 bits per heavy atom. The highest BCUT2D eigenvalue weighted by Crippen LogP contribution is 2.91. The summed E-state index contributed by atoms with van der Waals surface area (Å²) in [6.45, 7) is 17.7. The maximum Gasteiger partial charge on any atom is 0.199 e. The number of hydrogen-bond donors (Lipinski definition) is 3. The molecule has 2 saturated heterocycles. The van der Waals surface area contributed by atoms with E-state index in [1.54, 1.807) is 0 Å². The van der Waals surface area contributed by atoms with Crippen molar-refractivity contribution in [3.05, 3.63) is 11.6 Å². The zero-order valence-electron chi connectivity index (χ0n) is 23.6. The van der Waals surface area contributed by atoms with Gasteiger partial charge in [0.05, 0.1) is 17.8 Å². The van der Waals surface area contributed by atoms with Crippen molar-refractivity contribution in [3.8, 4) is 0 Å². The van der Waals surface area contributed by atoms with Crippen LogP contribution in [0.1, 0.15) is 93.9 Å². The lowest BCUT2D eigenvalue weighted by molar-refractivity contribution is -0.279. The van der Waals surface area contributed by atoms with Gasteiger partial charge in [-0.3, -0.25) is 0 Å².